The number of hydrogen-bond acceptors (Lipinski definition) is 5. The van der Waals surface area contributed by atoms with E-state index >= 15 is 0 Å². The Kier molecular flexibility index (Phi) is 3.35. The van der Waals surface area contributed by atoms with Gasteiger partial charge in [-0.15, -0.1) is 0 Å². The minimum absolute atomic E-state index is 0.344. The first-order chi connectivity index (χ1) is 10.3. The summed E-state index contributed by atoms with van der Waals surface area (Å²) >= 11 is 0. The number of aliphatic hydroxyl groups is 2. The summed E-state index contributed by atoms with van der Waals surface area (Å²) in [7, 11) is 0. The first-order valence-corrected chi connectivity index (χ1v) is 7.25. The Morgan fingerprint density at radius 3 is 2.73 bits per heavy atom. The Labute approximate surface area is 128 Å². The topological polar surface area (TPSA) is 93.8 Å². The van der Waals surface area contributed by atoms with E-state index in [1.165, 1.54) is 4.90 Å². The largest absolute Gasteiger partial charge is 0.485 e. The van der Waals surface area contributed by atoms with Crippen LogP contribution in [0.25, 0.3) is 0 Å². The van der Waals surface area contributed by atoms with Crippen LogP contribution in [0.3, 0.4) is 0 Å². The number of hydrogen-bond donors (Lipinski definition) is 2. The van der Waals surface area contributed by atoms with Crippen LogP contribution < -0.4 is 4.74 Å². The molecule has 2 aliphatic heterocycles. The Hall–Kier alpha value is -2.10. The van der Waals surface area contributed by atoms with Gasteiger partial charge in [0.15, 0.2) is 0 Å². The summed E-state index contributed by atoms with van der Waals surface area (Å²) in [6, 6.07) is 6.39. The molecule has 0 spiro atoms. The normalized spacial score (nSPS) is 29.7. The quantitative estimate of drug-likeness (QED) is 0.797. The van der Waals surface area contributed by atoms with E-state index in [1.807, 2.05) is 0 Å². The van der Waals surface area contributed by atoms with Crippen molar-refractivity contribution in [3.63, 3.8) is 0 Å². The summed E-state index contributed by atoms with van der Waals surface area (Å²) in [6.45, 7) is 3.87. The number of fused-ring (bicyclic) bond motifs is 1. The number of carbonyl (C=O) groups excluding carboxylic acids is 1. The molecule has 6 heteroatoms. The zero-order chi connectivity index (χ0) is 16.1. The van der Waals surface area contributed by atoms with Crippen LogP contribution in [0.4, 0.5) is 0 Å². The van der Waals surface area contributed by atoms with Crippen LogP contribution in [0.5, 0.6) is 5.75 Å². The van der Waals surface area contributed by atoms with Gasteiger partial charge in [-0.2, -0.15) is 5.26 Å². The molecule has 116 valence electrons. The highest BCUT2D eigenvalue weighted by molar-refractivity contribution is 5.83. The van der Waals surface area contributed by atoms with Gasteiger partial charge in [0.25, 0.3) is 5.91 Å². The van der Waals surface area contributed by atoms with Crippen LogP contribution in [-0.2, 0) is 4.79 Å². The number of benzene rings is 1. The van der Waals surface area contributed by atoms with Crippen LogP contribution in [0, 0.1) is 11.3 Å². The molecule has 1 fully saturated rings. The Morgan fingerprint density at radius 1 is 1.41 bits per heavy atom. The molecule has 2 N–H and O–H groups in total. The van der Waals surface area contributed by atoms with Crippen molar-refractivity contribution in [2.24, 2.45) is 0 Å². The van der Waals surface area contributed by atoms with Crippen molar-refractivity contribution >= 4 is 5.91 Å². The third-order valence-electron chi connectivity index (χ3n) is 4.39. The van der Waals surface area contributed by atoms with Gasteiger partial charge in [-0.05, 0) is 38.5 Å². The number of nitrogens with zero attached hydrogens (tertiary/aromatic N) is 2. The van der Waals surface area contributed by atoms with E-state index in [4.69, 9.17) is 10.00 Å². The first-order valence-electron chi connectivity index (χ1n) is 7.25. The molecule has 2 aliphatic rings. The lowest BCUT2D eigenvalue weighted by atomic mass is 9.85. The molecule has 1 saturated heterocycles. The lowest BCUT2D eigenvalue weighted by Gasteiger charge is -2.45. The van der Waals surface area contributed by atoms with E-state index in [0.29, 0.717) is 29.8 Å². The SMILES string of the molecule is CC1(C)Oc2ccc(C#N)cc2C(N2CCC(O)C2=O)C1O. The fourth-order valence-corrected chi connectivity index (χ4v) is 3.14. The molecule has 3 rings (SSSR count). The standard InChI is InChI=1S/C16H18N2O4/c1-16(2)14(20)13(18-6-5-11(19)15(18)21)10-7-9(8-17)3-4-12(10)22-16/h3-4,7,11,13-14,19-20H,5-6H2,1-2H3. The summed E-state index contributed by atoms with van der Waals surface area (Å²) in [6.07, 6.45) is -1.64. The van der Waals surface area contributed by atoms with Gasteiger partial charge in [0, 0.05) is 12.1 Å². The average molecular weight is 302 g/mol. The van der Waals surface area contributed by atoms with Crippen LogP contribution >= 0.6 is 0 Å². The number of aliphatic hydroxyl groups excluding tert-OH is 2. The number of likely N-dealkylation sites (tertiary alicyclic amines) is 1. The zero-order valence-electron chi connectivity index (χ0n) is 12.5. The van der Waals surface area contributed by atoms with Gasteiger partial charge in [0.05, 0.1) is 17.7 Å². The van der Waals surface area contributed by atoms with E-state index in [-0.39, 0.29) is 0 Å². The predicted molar refractivity (Wildman–Crippen MR) is 76.9 cm³/mol. The van der Waals surface area contributed by atoms with Crippen LogP contribution in [-0.4, -0.2) is 45.4 Å². The van der Waals surface area contributed by atoms with Gasteiger partial charge >= 0.3 is 0 Å². The molecule has 22 heavy (non-hydrogen) atoms. The van der Waals surface area contributed by atoms with Gasteiger partial charge in [-0.3, -0.25) is 4.79 Å². The predicted octanol–water partition coefficient (Wildman–Crippen LogP) is 0.724. The monoisotopic (exact) mass is 302 g/mol. The molecule has 3 unspecified atom stereocenters. The molecule has 1 aromatic rings. The molecule has 0 radical (unpaired) electrons. The second kappa shape index (κ2) is 4.97. The van der Waals surface area contributed by atoms with Crippen LogP contribution in [0.15, 0.2) is 18.2 Å². The first kappa shape index (κ1) is 14.8. The summed E-state index contributed by atoms with van der Waals surface area (Å²) in [4.78, 5) is 13.7. The maximum absolute atomic E-state index is 12.2. The maximum Gasteiger partial charge on any atom is 0.252 e. The number of amides is 1. The smallest absolute Gasteiger partial charge is 0.252 e. The molecule has 0 aliphatic carbocycles. The van der Waals surface area contributed by atoms with Gasteiger partial charge in [0.1, 0.15) is 23.6 Å². The van der Waals surface area contributed by atoms with Crippen molar-refractivity contribution < 1.29 is 19.7 Å². The van der Waals surface area contributed by atoms with Gasteiger partial charge in [-0.25, -0.2) is 0 Å². The number of ether oxygens (including phenoxy) is 1. The Morgan fingerprint density at radius 2 is 2.14 bits per heavy atom. The van der Waals surface area contributed by atoms with Gasteiger partial charge < -0.3 is 19.8 Å². The van der Waals surface area contributed by atoms with Crippen molar-refractivity contribution in [2.75, 3.05) is 6.54 Å². The van der Waals surface area contributed by atoms with E-state index < -0.39 is 29.8 Å². The van der Waals surface area contributed by atoms with Crippen molar-refractivity contribution in [3.8, 4) is 11.8 Å². The van der Waals surface area contributed by atoms with E-state index in [9.17, 15) is 15.0 Å². The molecule has 1 aromatic carbocycles. The third-order valence-corrected chi connectivity index (χ3v) is 4.39. The van der Waals surface area contributed by atoms with Crippen LogP contribution in [0.2, 0.25) is 0 Å². The summed E-state index contributed by atoms with van der Waals surface area (Å²) in [5.41, 5.74) is 0.166. The second-order valence-corrected chi connectivity index (χ2v) is 6.30. The summed E-state index contributed by atoms with van der Waals surface area (Å²) in [5.74, 6) is 0.156. The molecule has 0 aromatic heterocycles. The Bertz CT molecular complexity index is 665. The third kappa shape index (κ3) is 2.14. The fourth-order valence-electron chi connectivity index (χ4n) is 3.14. The van der Waals surface area contributed by atoms with Crippen molar-refractivity contribution in [2.45, 2.75) is 44.1 Å². The van der Waals surface area contributed by atoms with Gasteiger partial charge in [-0.1, -0.05) is 0 Å². The summed E-state index contributed by atoms with van der Waals surface area (Å²) in [5, 5.41) is 29.5. The highest BCUT2D eigenvalue weighted by atomic mass is 16.5. The maximum atomic E-state index is 12.2. The van der Waals surface area contributed by atoms with E-state index in [0.717, 1.165) is 0 Å². The highest BCUT2D eigenvalue weighted by Crippen LogP contribution is 2.44. The molecule has 2 heterocycles. The minimum atomic E-state index is -1.03. The van der Waals surface area contributed by atoms with Gasteiger partial charge in [0.2, 0.25) is 0 Å². The summed E-state index contributed by atoms with van der Waals surface area (Å²) < 4.78 is 5.82. The zero-order valence-corrected chi connectivity index (χ0v) is 12.5. The average Bonchev–Trinajstić information content (AvgIpc) is 2.80. The molecule has 3 atom stereocenters. The lowest BCUT2D eigenvalue weighted by Crippen LogP contribution is -2.54. The fraction of sp³-hybridized carbons (Fsp3) is 0.500. The molecule has 0 bridgehead atoms. The number of carbonyl (C=O) groups is 1. The van der Waals surface area contributed by atoms with Crippen molar-refractivity contribution in [3.05, 3.63) is 29.3 Å². The highest BCUT2D eigenvalue weighted by Gasteiger charge is 2.49. The molecular formula is C16H18N2O4. The number of rotatable bonds is 1. The van der Waals surface area contributed by atoms with Crippen LogP contribution in [0.1, 0.15) is 37.4 Å². The van der Waals surface area contributed by atoms with E-state index in [1.54, 1.807) is 32.0 Å². The molecule has 6 nitrogen and oxygen atoms in total. The minimum Gasteiger partial charge on any atom is -0.485 e. The molecular weight excluding hydrogens is 284 g/mol. The number of nitriles is 1. The second-order valence-electron chi connectivity index (χ2n) is 6.30. The Balaban J connectivity index is 2.11. The lowest BCUT2D eigenvalue weighted by molar-refractivity contribution is -0.145. The van der Waals surface area contributed by atoms with E-state index in [2.05, 4.69) is 6.07 Å². The molecule has 1 amide bonds. The van der Waals surface area contributed by atoms with Crippen molar-refractivity contribution in [1.29, 1.82) is 5.26 Å². The molecule has 0 saturated carbocycles. The van der Waals surface area contributed by atoms with Crippen molar-refractivity contribution in [1.82, 2.24) is 4.90 Å².